The Labute approximate surface area is 169 Å². The Morgan fingerprint density at radius 1 is 1.26 bits per heavy atom. The zero-order valence-electron chi connectivity index (χ0n) is 14.8. The van der Waals surface area contributed by atoms with E-state index in [-0.39, 0.29) is 16.7 Å². The first-order valence-electron chi connectivity index (χ1n) is 8.99. The van der Waals surface area contributed by atoms with Gasteiger partial charge in [-0.25, -0.2) is 13.1 Å². The van der Waals surface area contributed by atoms with Crippen LogP contribution in [0.2, 0.25) is 4.34 Å². The fourth-order valence-electron chi connectivity index (χ4n) is 3.35. The number of rotatable bonds is 8. The predicted octanol–water partition coefficient (Wildman–Crippen LogP) is 2.78. The topological polar surface area (TPSA) is 91.3 Å². The second-order valence-electron chi connectivity index (χ2n) is 6.83. The van der Waals surface area contributed by atoms with Gasteiger partial charge in [-0.05, 0) is 55.4 Å². The van der Waals surface area contributed by atoms with Crippen molar-refractivity contribution in [1.82, 2.24) is 15.0 Å². The van der Waals surface area contributed by atoms with Gasteiger partial charge in [0.15, 0.2) is 0 Å². The largest absolute Gasteiger partial charge is 0.391 e. The van der Waals surface area contributed by atoms with Gasteiger partial charge in [0.2, 0.25) is 10.0 Å². The van der Waals surface area contributed by atoms with Crippen LogP contribution in [0.25, 0.3) is 0 Å². The average Bonchev–Trinajstić information content (AvgIpc) is 3.13. The molecule has 0 aromatic carbocycles. The van der Waals surface area contributed by atoms with E-state index < -0.39 is 16.1 Å². The maximum absolute atomic E-state index is 12.2. The SMILES string of the molecule is O=S(=O)(NC[C@H](O)C1CCC(NCc2cccnc2)CC1)c1ccc(Cl)s1. The van der Waals surface area contributed by atoms with E-state index >= 15 is 0 Å². The summed E-state index contributed by atoms with van der Waals surface area (Å²) in [5, 5.41) is 13.9. The Morgan fingerprint density at radius 3 is 2.67 bits per heavy atom. The molecule has 0 amide bonds. The number of pyridine rings is 1. The molecule has 9 heteroatoms. The number of aromatic nitrogens is 1. The van der Waals surface area contributed by atoms with E-state index in [1.165, 1.54) is 6.07 Å². The van der Waals surface area contributed by atoms with Crippen LogP contribution in [0, 0.1) is 5.92 Å². The quantitative estimate of drug-likeness (QED) is 0.600. The third kappa shape index (κ3) is 5.97. The van der Waals surface area contributed by atoms with Gasteiger partial charge in [-0.3, -0.25) is 4.98 Å². The number of nitrogens with one attached hydrogen (secondary N) is 2. The molecule has 6 nitrogen and oxygen atoms in total. The van der Waals surface area contributed by atoms with Gasteiger partial charge in [-0.2, -0.15) is 0 Å². The summed E-state index contributed by atoms with van der Waals surface area (Å²) >= 11 is 6.80. The molecular weight excluding hydrogens is 406 g/mol. The van der Waals surface area contributed by atoms with Gasteiger partial charge >= 0.3 is 0 Å². The third-order valence-corrected chi connectivity index (χ3v) is 8.08. The van der Waals surface area contributed by atoms with Crippen LogP contribution in [0.1, 0.15) is 31.2 Å². The lowest BCUT2D eigenvalue weighted by Gasteiger charge is -2.32. The maximum atomic E-state index is 12.2. The highest BCUT2D eigenvalue weighted by Gasteiger charge is 2.27. The highest BCUT2D eigenvalue weighted by atomic mass is 35.5. The van der Waals surface area contributed by atoms with Gasteiger partial charge in [0.1, 0.15) is 4.21 Å². The van der Waals surface area contributed by atoms with Crippen molar-refractivity contribution in [2.45, 2.75) is 48.6 Å². The molecule has 2 heterocycles. The summed E-state index contributed by atoms with van der Waals surface area (Å²) in [6.07, 6.45) is 6.61. The van der Waals surface area contributed by atoms with E-state index in [0.717, 1.165) is 49.1 Å². The molecule has 1 atom stereocenters. The number of nitrogens with zero attached hydrogens (tertiary/aromatic N) is 1. The zero-order valence-corrected chi connectivity index (χ0v) is 17.2. The van der Waals surface area contributed by atoms with E-state index in [9.17, 15) is 13.5 Å². The molecule has 0 saturated heterocycles. The average molecular weight is 430 g/mol. The first kappa shape index (κ1) is 20.7. The maximum Gasteiger partial charge on any atom is 0.250 e. The first-order chi connectivity index (χ1) is 12.9. The molecule has 27 heavy (non-hydrogen) atoms. The Kier molecular flexibility index (Phi) is 7.24. The molecule has 3 rings (SSSR count). The van der Waals surface area contributed by atoms with Crippen LogP contribution >= 0.6 is 22.9 Å². The standard InChI is InChI=1S/C18H24ClN3O3S2/c19-17-7-8-18(26-17)27(24,25)22-12-16(23)14-3-5-15(6-4-14)21-11-13-2-1-9-20-10-13/h1-2,7-10,14-16,21-23H,3-6,11-12H2/t14?,15?,16-/m0/s1. The van der Waals surface area contributed by atoms with Crippen molar-refractivity contribution in [2.75, 3.05) is 6.54 Å². The summed E-state index contributed by atoms with van der Waals surface area (Å²) in [4.78, 5) is 4.11. The molecule has 2 aromatic heterocycles. The van der Waals surface area contributed by atoms with Gasteiger partial charge in [0.25, 0.3) is 0 Å². The van der Waals surface area contributed by atoms with Gasteiger partial charge in [0, 0.05) is 31.5 Å². The van der Waals surface area contributed by atoms with E-state index in [0.29, 0.717) is 10.4 Å². The molecule has 0 aliphatic heterocycles. The lowest BCUT2D eigenvalue weighted by atomic mass is 9.82. The number of hydrogen-bond donors (Lipinski definition) is 3. The van der Waals surface area contributed by atoms with Gasteiger partial charge in [-0.15, -0.1) is 11.3 Å². The summed E-state index contributed by atoms with van der Waals surface area (Å²) < 4.78 is 27.5. The molecule has 0 bridgehead atoms. The molecule has 1 saturated carbocycles. The smallest absolute Gasteiger partial charge is 0.250 e. The molecule has 3 N–H and O–H groups in total. The van der Waals surface area contributed by atoms with Crippen LogP contribution in [0.5, 0.6) is 0 Å². The van der Waals surface area contributed by atoms with E-state index in [2.05, 4.69) is 15.0 Å². The Morgan fingerprint density at radius 2 is 2.04 bits per heavy atom. The molecule has 1 aliphatic rings. The Bertz CT molecular complexity index is 821. The second kappa shape index (κ2) is 9.45. The first-order valence-corrected chi connectivity index (χ1v) is 11.7. The molecule has 0 spiro atoms. The van der Waals surface area contributed by atoms with Crippen molar-refractivity contribution < 1.29 is 13.5 Å². The number of thiophene rings is 1. The Balaban J connectivity index is 1.41. The molecule has 0 unspecified atom stereocenters. The summed E-state index contributed by atoms with van der Waals surface area (Å²) in [5.41, 5.74) is 1.16. The van der Waals surface area contributed by atoms with Crippen molar-refractivity contribution in [3.8, 4) is 0 Å². The Hall–Kier alpha value is -1.03. The van der Waals surface area contributed by atoms with Crippen LogP contribution in [0.4, 0.5) is 0 Å². The molecule has 2 aromatic rings. The fraction of sp³-hybridized carbons (Fsp3) is 0.500. The van der Waals surface area contributed by atoms with Crippen molar-refractivity contribution in [1.29, 1.82) is 0 Å². The highest BCUT2D eigenvalue weighted by Crippen LogP contribution is 2.28. The predicted molar refractivity (Wildman–Crippen MR) is 107 cm³/mol. The third-order valence-electron chi connectivity index (χ3n) is 4.93. The lowest BCUT2D eigenvalue weighted by Crippen LogP contribution is -2.40. The molecule has 1 fully saturated rings. The number of halogens is 1. The second-order valence-corrected chi connectivity index (χ2v) is 10.5. The number of sulfonamides is 1. The van der Waals surface area contributed by atoms with Crippen LogP contribution in [-0.4, -0.2) is 37.2 Å². The van der Waals surface area contributed by atoms with E-state index in [1.807, 2.05) is 18.3 Å². The van der Waals surface area contributed by atoms with Gasteiger partial charge < -0.3 is 10.4 Å². The highest BCUT2D eigenvalue weighted by molar-refractivity contribution is 7.91. The molecule has 148 valence electrons. The number of aliphatic hydroxyl groups is 1. The monoisotopic (exact) mass is 429 g/mol. The van der Waals surface area contributed by atoms with Crippen LogP contribution in [-0.2, 0) is 16.6 Å². The van der Waals surface area contributed by atoms with Crippen LogP contribution in [0.15, 0.2) is 40.9 Å². The van der Waals surface area contributed by atoms with E-state index in [4.69, 9.17) is 11.6 Å². The van der Waals surface area contributed by atoms with Crippen molar-refractivity contribution in [3.05, 3.63) is 46.6 Å². The minimum absolute atomic E-state index is 0.0241. The van der Waals surface area contributed by atoms with Gasteiger partial charge in [0.05, 0.1) is 10.4 Å². The van der Waals surface area contributed by atoms with Crippen LogP contribution in [0.3, 0.4) is 0 Å². The fourth-order valence-corrected chi connectivity index (χ4v) is 5.93. The summed E-state index contributed by atoms with van der Waals surface area (Å²) in [5.74, 6) is 0.107. The van der Waals surface area contributed by atoms with Gasteiger partial charge in [-0.1, -0.05) is 17.7 Å². The number of hydrogen-bond acceptors (Lipinski definition) is 6. The van der Waals surface area contributed by atoms with Crippen molar-refractivity contribution >= 4 is 33.0 Å². The number of aliphatic hydroxyl groups excluding tert-OH is 1. The molecule has 1 aliphatic carbocycles. The summed E-state index contributed by atoms with van der Waals surface area (Å²) in [6, 6.07) is 7.41. The summed E-state index contributed by atoms with van der Waals surface area (Å²) in [7, 11) is -3.62. The summed E-state index contributed by atoms with van der Waals surface area (Å²) in [6.45, 7) is 0.811. The van der Waals surface area contributed by atoms with E-state index in [1.54, 1.807) is 12.3 Å². The van der Waals surface area contributed by atoms with Crippen LogP contribution < -0.4 is 10.0 Å². The molecule has 0 radical (unpaired) electrons. The lowest BCUT2D eigenvalue weighted by molar-refractivity contribution is 0.0820. The zero-order chi connectivity index (χ0) is 19.3. The minimum atomic E-state index is -3.62. The van der Waals surface area contributed by atoms with Crippen molar-refractivity contribution in [2.24, 2.45) is 5.92 Å². The minimum Gasteiger partial charge on any atom is -0.391 e. The van der Waals surface area contributed by atoms with Crippen molar-refractivity contribution in [3.63, 3.8) is 0 Å². The normalized spacial score (nSPS) is 21.9. The molecular formula is C18H24ClN3O3S2.